The molecule has 0 atom stereocenters. The van der Waals surface area contributed by atoms with Crippen LogP contribution in [-0.4, -0.2) is 36.2 Å². The molecule has 1 fully saturated rings. The predicted octanol–water partition coefficient (Wildman–Crippen LogP) is 1.70. The molecule has 1 aliphatic heterocycles. The Morgan fingerprint density at radius 1 is 1.38 bits per heavy atom. The van der Waals surface area contributed by atoms with Gasteiger partial charge < -0.3 is 10.4 Å². The maximum atomic E-state index is 13.3. The third kappa shape index (κ3) is 2.72. The van der Waals surface area contributed by atoms with Gasteiger partial charge >= 0.3 is 0 Å². The summed E-state index contributed by atoms with van der Waals surface area (Å²) in [5, 5.41) is 12.9. The topological polar surface area (TPSA) is 35.5 Å². The highest BCUT2D eigenvalue weighted by Gasteiger charge is 2.14. The molecule has 1 aromatic rings. The lowest BCUT2D eigenvalue weighted by atomic mass is 10.1. The Hall–Kier alpha value is -0.650. The number of nitrogens with zero attached hydrogens (tertiary/aromatic N) is 1. The Bertz CT molecular complexity index is 380. The van der Waals surface area contributed by atoms with Crippen molar-refractivity contribution in [3.8, 4) is 5.75 Å². The Morgan fingerprint density at radius 2 is 2.06 bits per heavy atom. The van der Waals surface area contributed by atoms with E-state index in [-0.39, 0.29) is 5.75 Å². The minimum atomic E-state index is -0.570. The number of benzene rings is 1. The molecular weight excluding hydrogens is 275 g/mol. The number of hydrogen-bond acceptors (Lipinski definition) is 3. The van der Waals surface area contributed by atoms with Gasteiger partial charge in [-0.25, -0.2) is 4.39 Å². The van der Waals surface area contributed by atoms with Crippen LogP contribution in [-0.2, 0) is 6.54 Å². The fourth-order valence-corrected chi connectivity index (χ4v) is 2.33. The molecular formula is C11H14BrFN2O. The van der Waals surface area contributed by atoms with Crippen LogP contribution in [0.3, 0.4) is 0 Å². The summed E-state index contributed by atoms with van der Waals surface area (Å²) in [5.74, 6) is -0.804. The summed E-state index contributed by atoms with van der Waals surface area (Å²) in [4.78, 5) is 2.19. The molecule has 0 aliphatic carbocycles. The van der Waals surface area contributed by atoms with Gasteiger partial charge in [-0.15, -0.1) is 0 Å². The van der Waals surface area contributed by atoms with Crippen LogP contribution in [0.4, 0.5) is 4.39 Å². The van der Waals surface area contributed by atoms with E-state index in [2.05, 4.69) is 26.1 Å². The lowest BCUT2D eigenvalue weighted by Gasteiger charge is -2.27. The molecule has 0 aromatic heterocycles. The van der Waals surface area contributed by atoms with Crippen LogP contribution in [0, 0.1) is 5.82 Å². The summed E-state index contributed by atoms with van der Waals surface area (Å²) in [6, 6.07) is 3.04. The van der Waals surface area contributed by atoms with Crippen molar-refractivity contribution in [2.45, 2.75) is 6.54 Å². The molecule has 0 saturated carbocycles. The number of nitrogens with one attached hydrogen (secondary N) is 1. The average Bonchev–Trinajstić information content (AvgIpc) is 2.27. The fraction of sp³-hybridized carbons (Fsp3) is 0.455. The third-order valence-electron chi connectivity index (χ3n) is 2.71. The second-order valence-electron chi connectivity index (χ2n) is 3.92. The first-order valence-corrected chi connectivity index (χ1v) is 6.06. The van der Waals surface area contributed by atoms with Crippen LogP contribution < -0.4 is 5.32 Å². The van der Waals surface area contributed by atoms with E-state index in [1.165, 1.54) is 6.07 Å². The fourth-order valence-electron chi connectivity index (χ4n) is 1.85. The Balaban J connectivity index is 2.13. The van der Waals surface area contributed by atoms with Crippen molar-refractivity contribution in [2.75, 3.05) is 26.2 Å². The van der Waals surface area contributed by atoms with Gasteiger partial charge in [-0.2, -0.15) is 0 Å². The molecule has 0 radical (unpaired) electrons. The van der Waals surface area contributed by atoms with E-state index in [0.29, 0.717) is 16.6 Å². The van der Waals surface area contributed by atoms with Crippen LogP contribution in [0.25, 0.3) is 0 Å². The molecule has 0 bridgehead atoms. The summed E-state index contributed by atoms with van der Waals surface area (Å²) in [6.45, 7) is 4.32. The van der Waals surface area contributed by atoms with Gasteiger partial charge in [0, 0.05) is 42.8 Å². The van der Waals surface area contributed by atoms with E-state index >= 15 is 0 Å². The van der Waals surface area contributed by atoms with Gasteiger partial charge in [-0.05, 0) is 12.1 Å². The van der Waals surface area contributed by atoms with E-state index in [9.17, 15) is 9.50 Å². The van der Waals surface area contributed by atoms with E-state index in [0.717, 1.165) is 26.2 Å². The molecule has 16 heavy (non-hydrogen) atoms. The second kappa shape index (κ2) is 5.12. The summed E-state index contributed by atoms with van der Waals surface area (Å²) in [7, 11) is 0. The number of aromatic hydroxyl groups is 1. The van der Waals surface area contributed by atoms with Crippen LogP contribution in [0.15, 0.2) is 16.6 Å². The van der Waals surface area contributed by atoms with E-state index in [4.69, 9.17) is 0 Å². The Kier molecular flexibility index (Phi) is 3.78. The van der Waals surface area contributed by atoms with Gasteiger partial charge in [-0.1, -0.05) is 15.9 Å². The van der Waals surface area contributed by atoms with Crippen LogP contribution in [0.1, 0.15) is 5.56 Å². The van der Waals surface area contributed by atoms with Crippen LogP contribution in [0.2, 0.25) is 0 Å². The highest BCUT2D eigenvalue weighted by molar-refractivity contribution is 9.10. The zero-order chi connectivity index (χ0) is 11.5. The smallest absolute Gasteiger partial charge is 0.166 e. The van der Waals surface area contributed by atoms with Crippen molar-refractivity contribution in [3.05, 3.63) is 28.0 Å². The molecule has 2 N–H and O–H groups in total. The van der Waals surface area contributed by atoms with Crippen LogP contribution in [0.5, 0.6) is 5.75 Å². The molecule has 88 valence electrons. The molecule has 0 unspecified atom stereocenters. The first-order chi connectivity index (χ1) is 7.66. The van der Waals surface area contributed by atoms with Gasteiger partial charge in [0.25, 0.3) is 0 Å². The SMILES string of the molecule is Oc1c(F)cc(Br)cc1CN1CCNCC1. The molecule has 2 rings (SSSR count). The zero-order valence-corrected chi connectivity index (χ0v) is 10.4. The maximum Gasteiger partial charge on any atom is 0.166 e. The van der Waals surface area contributed by atoms with Crippen molar-refractivity contribution in [1.82, 2.24) is 10.2 Å². The number of hydrogen-bond donors (Lipinski definition) is 2. The standard InChI is InChI=1S/C11H14BrFN2O/c12-9-5-8(11(16)10(13)6-9)7-15-3-1-14-2-4-15/h5-6,14,16H,1-4,7H2. The number of piperazine rings is 1. The monoisotopic (exact) mass is 288 g/mol. The molecule has 1 aromatic carbocycles. The highest BCUT2D eigenvalue weighted by atomic mass is 79.9. The Morgan fingerprint density at radius 3 is 2.75 bits per heavy atom. The summed E-state index contributed by atoms with van der Waals surface area (Å²) >= 11 is 3.23. The second-order valence-corrected chi connectivity index (χ2v) is 4.84. The minimum Gasteiger partial charge on any atom is -0.505 e. The van der Waals surface area contributed by atoms with E-state index in [1.807, 2.05) is 0 Å². The van der Waals surface area contributed by atoms with E-state index in [1.54, 1.807) is 6.07 Å². The third-order valence-corrected chi connectivity index (χ3v) is 3.17. The summed E-state index contributed by atoms with van der Waals surface area (Å²) in [5.41, 5.74) is 0.633. The average molecular weight is 289 g/mol. The van der Waals surface area contributed by atoms with Crippen molar-refractivity contribution in [3.63, 3.8) is 0 Å². The van der Waals surface area contributed by atoms with E-state index < -0.39 is 5.82 Å². The first kappa shape index (κ1) is 11.8. The minimum absolute atomic E-state index is 0.235. The van der Waals surface area contributed by atoms with Crippen molar-refractivity contribution in [1.29, 1.82) is 0 Å². The lowest BCUT2D eigenvalue weighted by Crippen LogP contribution is -2.42. The molecule has 0 spiro atoms. The predicted molar refractivity (Wildman–Crippen MR) is 63.9 cm³/mol. The quantitative estimate of drug-likeness (QED) is 0.870. The molecule has 0 amide bonds. The number of rotatable bonds is 2. The molecule has 1 saturated heterocycles. The van der Waals surface area contributed by atoms with Crippen LogP contribution >= 0.6 is 15.9 Å². The van der Waals surface area contributed by atoms with Gasteiger partial charge in [0.1, 0.15) is 0 Å². The number of halogens is 2. The lowest BCUT2D eigenvalue weighted by molar-refractivity contribution is 0.229. The molecule has 3 nitrogen and oxygen atoms in total. The summed E-state index contributed by atoms with van der Waals surface area (Å²) in [6.07, 6.45) is 0. The molecule has 1 aliphatic rings. The number of phenolic OH excluding ortho intramolecular Hbond substituents is 1. The van der Waals surface area contributed by atoms with Gasteiger partial charge in [0.15, 0.2) is 11.6 Å². The molecule has 5 heteroatoms. The summed E-state index contributed by atoms with van der Waals surface area (Å²) < 4.78 is 13.9. The van der Waals surface area contributed by atoms with Gasteiger partial charge in [-0.3, -0.25) is 4.90 Å². The Labute approximate surface area is 102 Å². The molecule has 1 heterocycles. The first-order valence-electron chi connectivity index (χ1n) is 5.27. The largest absolute Gasteiger partial charge is 0.505 e. The highest BCUT2D eigenvalue weighted by Crippen LogP contribution is 2.27. The normalized spacial score (nSPS) is 17.6. The van der Waals surface area contributed by atoms with Crippen molar-refractivity contribution < 1.29 is 9.50 Å². The zero-order valence-electron chi connectivity index (χ0n) is 8.84. The van der Waals surface area contributed by atoms with Gasteiger partial charge in [0.05, 0.1) is 0 Å². The van der Waals surface area contributed by atoms with Crippen molar-refractivity contribution >= 4 is 15.9 Å². The number of phenols is 1. The maximum absolute atomic E-state index is 13.3. The van der Waals surface area contributed by atoms with Gasteiger partial charge in [0.2, 0.25) is 0 Å². The van der Waals surface area contributed by atoms with Crippen molar-refractivity contribution in [2.24, 2.45) is 0 Å².